The second-order valence-corrected chi connectivity index (χ2v) is 11.1. The van der Waals surface area contributed by atoms with Crippen LogP contribution in [0.1, 0.15) is 29.9 Å². The van der Waals surface area contributed by atoms with Gasteiger partial charge in [-0.15, -0.1) is 0 Å². The Hall–Kier alpha value is -4.47. The van der Waals surface area contributed by atoms with Crippen LogP contribution in [0.4, 0.5) is 4.39 Å². The molecule has 0 spiro atoms. The number of hydrogen-bond donors (Lipinski definition) is 0. The SMILES string of the molecule is CCOC(=O)C1=C(c2ccccc2)N=c2s/c(=C/c3ccc(Sc4ccccc4)o3)c(=O)n2[C@H]1c1ccc(F)cc1. The molecule has 0 radical (unpaired) electrons. The van der Waals surface area contributed by atoms with Gasteiger partial charge in [0.2, 0.25) is 0 Å². The molecule has 0 N–H and O–H groups in total. The number of rotatable bonds is 7. The lowest BCUT2D eigenvalue weighted by Crippen LogP contribution is -2.40. The van der Waals surface area contributed by atoms with E-state index in [0.717, 1.165) is 4.90 Å². The lowest BCUT2D eigenvalue weighted by atomic mass is 9.93. The Morgan fingerprint density at radius 1 is 1.02 bits per heavy atom. The Kier molecular flexibility index (Phi) is 7.54. The van der Waals surface area contributed by atoms with Gasteiger partial charge in [0.1, 0.15) is 11.6 Å². The zero-order valence-electron chi connectivity index (χ0n) is 21.8. The molecule has 204 valence electrons. The fraction of sp³-hybridized carbons (Fsp3) is 0.0938. The van der Waals surface area contributed by atoms with E-state index < -0.39 is 17.8 Å². The first kappa shape index (κ1) is 26.7. The zero-order chi connectivity index (χ0) is 28.3. The molecule has 3 heterocycles. The van der Waals surface area contributed by atoms with Crippen molar-refractivity contribution in [2.45, 2.75) is 23.0 Å². The monoisotopic (exact) mass is 582 g/mol. The van der Waals surface area contributed by atoms with E-state index in [2.05, 4.69) is 0 Å². The number of carbonyl (C=O) groups is 1. The molecule has 0 amide bonds. The van der Waals surface area contributed by atoms with Crippen LogP contribution < -0.4 is 14.9 Å². The van der Waals surface area contributed by atoms with Gasteiger partial charge in [-0.05, 0) is 48.9 Å². The van der Waals surface area contributed by atoms with Crippen molar-refractivity contribution in [1.29, 1.82) is 0 Å². The predicted octanol–water partition coefficient (Wildman–Crippen LogP) is 5.82. The summed E-state index contributed by atoms with van der Waals surface area (Å²) in [5.74, 6) is -0.500. The van der Waals surface area contributed by atoms with Crippen LogP contribution in [0, 0.1) is 5.82 Å². The molecule has 0 bridgehead atoms. The Bertz CT molecular complexity index is 1930. The van der Waals surface area contributed by atoms with Gasteiger partial charge < -0.3 is 9.15 Å². The molecule has 1 atom stereocenters. The molecule has 5 aromatic rings. The van der Waals surface area contributed by atoms with E-state index in [1.807, 2.05) is 66.7 Å². The van der Waals surface area contributed by atoms with Gasteiger partial charge in [-0.3, -0.25) is 9.36 Å². The fourth-order valence-corrected chi connectivity index (χ4v) is 6.38. The van der Waals surface area contributed by atoms with E-state index in [4.69, 9.17) is 14.1 Å². The summed E-state index contributed by atoms with van der Waals surface area (Å²) in [4.78, 5) is 33.6. The van der Waals surface area contributed by atoms with Crippen LogP contribution in [0.5, 0.6) is 0 Å². The van der Waals surface area contributed by atoms with Crippen LogP contribution in [-0.4, -0.2) is 17.1 Å². The number of fused-ring (bicyclic) bond motifs is 1. The highest BCUT2D eigenvalue weighted by Gasteiger charge is 2.35. The van der Waals surface area contributed by atoms with Crippen LogP contribution in [0.15, 0.2) is 127 Å². The van der Waals surface area contributed by atoms with Crippen molar-refractivity contribution in [3.63, 3.8) is 0 Å². The maximum absolute atomic E-state index is 13.9. The molecule has 6 rings (SSSR count). The highest BCUT2D eigenvalue weighted by molar-refractivity contribution is 7.99. The highest BCUT2D eigenvalue weighted by atomic mass is 32.2. The van der Waals surface area contributed by atoms with E-state index in [9.17, 15) is 14.0 Å². The molecular formula is C32H23FN2O4S2. The minimum atomic E-state index is -0.871. The fourth-order valence-electron chi connectivity index (χ4n) is 4.60. The summed E-state index contributed by atoms with van der Waals surface area (Å²) in [5, 5.41) is 0.690. The van der Waals surface area contributed by atoms with Gasteiger partial charge in [0.15, 0.2) is 9.89 Å². The number of ether oxygens (including phenoxy) is 1. The second-order valence-electron chi connectivity index (χ2n) is 9.05. The third-order valence-electron chi connectivity index (χ3n) is 6.40. The molecule has 0 aliphatic carbocycles. The average Bonchev–Trinajstić information content (AvgIpc) is 3.56. The molecule has 0 fully saturated rings. The molecule has 9 heteroatoms. The van der Waals surface area contributed by atoms with Gasteiger partial charge in [0.25, 0.3) is 5.56 Å². The van der Waals surface area contributed by atoms with Crippen molar-refractivity contribution in [3.8, 4) is 0 Å². The molecule has 0 saturated carbocycles. The number of esters is 1. The van der Waals surface area contributed by atoms with Crippen molar-refractivity contribution in [2.75, 3.05) is 6.61 Å². The second kappa shape index (κ2) is 11.6. The standard InChI is InChI=1S/C32H23FN2O4S2/c1-2-38-31(37)27-28(20-9-5-3-6-10-20)34-32-35(29(27)21-13-15-22(33)16-14-21)30(36)25(41-32)19-23-17-18-26(39-23)40-24-11-7-4-8-12-24/h3-19,29H,2H2,1H3/b25-19+/t29-/m0/s1. The van der Waals surface area contributed by atoms with Gasteiger partial charge in [0.05, 0.1) is 28.5 Å². The minimum Gasteiger partial charge on any atom is -0.463 e. The molecule has 2 aromatic heterocycles. The van der Waals surface area contributed by atoms with Crippen LogP contribution in [0.2, 0.25) is 0 Å². The number of halogens is 1. The van der Waals surface area contributed by atoms with E-state index in [0.29, 0.717) is 37.0 Å². The lowest BCUT2D eigenvalue weighted by Gasteiger charge is -2.25. The van der Waals surface area contributed by atoms with Crippen LogP contribution >= 0.6 is 23.1 Å². The van der Waals surface area contributed by atoms with E-state index >= 15 is 0 Å². The van der Waals surface area contributed by atoms with Crippen molar-refractivity contribution >= 4 is 40.8 Å². The van der Waals surface area contributed by atoms with Gasteiger partial charge in [-0.25, -0.2) is 14.2 Å². The Labute approximate surface area is 242 Å². The normalized spacial score (nSPS) is 15.0. The average molecular weight is 583 g/mol. The first-order chi connectivity index (χ1) is 20.0. The number of hydrogen-bond acceptors (Lipinski definition) is 7. The number of thiazole rings is 1. The molecule has 41 heavy (non-hydrogen) atoms. The van der Waals surface area contributed by atoms with E-state index in [1.165, 1.54) is 39.8 Å². The quantitative estimate of drug-likeness (QED) is 0.226. The Morgan fingerprint density at radius 3 is 2.44 bits per heavy atom. The number of aromatic nitrogens is 1. The first-order valence-corrected chi connectivity index (χ1v) is 14.5. The van der Waals surface area contributed by atoms with Crippen molar-refractivity contribution in [2.24, 2.45) is 4.99 Å². The van der Waals surface area contributed by atoms with Crippen LogP contribution in [0.3, 0.4) is 0 Å². The molecule has 1 aliphatic rings. The van der Waals surface area contributed by atoms with E-state index in [1.54, 1.807) is 31.2 Å². The third-order valence-corrected chi connectivity index (χ3v) is 8.31. The molecule has 1 aliphatic heterocycles. The van der Waals surface area contributed by atoms with Crippen molar-refractivity contribution in [3.05, 3.63) is 145 Å². The summed E-state index contributed by atoms with van der Waals surface area (Å²) in [6, 6.07) is 27.7. The molecule has 6 nitrogen and oxygen atoms in total. The maximum Gasteiger partial charge on any atom is 0.338 e. The summed E-state index contributed by atoms with van der Waals surface area (Å²) in [6.45, 7) is 1.86. The van der Waals surface area contributed by atoms with E-state index in [-0.39, 0.29) is 17.7 Å². The molecule has 3 aromatic carbocycles. The van der Waals surface area contributed by atoms with Gasteiger partial charge in [-0.1, -0.05) is 83.8 Å². The molecule has 0 saturated heterocycles. The summed E-state index contributed by atoms with van der Waals surface area (Å²) < 4.78 is 27.2. The number of nitrogens with zero attached hydrogens (tertiary/aromatic N) is 2. The van der Waals surface area contributed by atoms with Gasteiger partial charge in [-0.2, -0.15) is 0 Å². The van der Waals surface area contributed by atoms with Gasteiger partial charge in [0, 0.05) is 16.5 Å². The zero-order valence-corrected chi connectivity index (χ0v) is 23.5. The minimum absolute atomic E-state index is 0.146. The maximum atomic E-state index is 13.9. The first-order valence-electron chi connectivity index (χ1n) is 12.9. The lowest BCUT2D eigenvalue weighted by molar-refractivity contribution is -0.138. The highest BCUT2D eigenvalue weighted by Crippen LogP contribution is 2.35. The molecular weight excluding hydrogens is 559 g/mol. The van der Waals surface area contributed by atoms with Gasteiger partial charge >= 0.3 is 5.97 Å². The predicted molar refractivity (Wildman–Crippen MR) is 157 cm³/mol. The Balaban J connectivity index is 1.52. The Morgan fingerprint density at radius 2 is 1.73 bits per heavy atom. The summed E-state index contributed by atoms with van der Waals surface area (Å²) in [5.41, 5.74) is 1.54. The summed E-state index contributed by atoms with van der Waals surface area (Å²) in [6.07, 6.45) is 1.68. The number of furan rings is 1. The largest absolute Gasteiger partial charge is 0.463 e. The smallest absolute Gasteiger partial charge is 0.338 e. The molecule has 0 unspecified atom stereocenters. The third kappa shape index (κ3) is 5.46. The van der Waals surface area contributed by atoms with Crippen molar-refractivity contribution in [1.82, 2.24) is 4.57 Å². The summed E-state index contributed by atoms with van der Waals surface area (Å²) in [7, 11) is 0. The van der Waals surface area contributed by atoms with Crippen molar-refractivity contribution < 1.29 is 18.3 Å². The number of carbonyl (C=O) groups excluding carboxylic acids is 1. The summed E-state index contributed by atoms with van der Waals surface area (Å²) >= 11 is 2.68. The van der Waals surface area contributed by atoms with Crippen LogP contribution in [-0.2, 0) is 9.53 Å². The number of benzene rings is 3. The van der Waals surface area contributed by atoms with Crippen LogP contribution in [0.25, 0.3) is 11.8 Å². The topological polar surface area (TPSA) is 73.8 Å².